The van der Waals surface area contributed by atoms with E-state index >= 15 is 0 Å². The Labute approximate surface area is 66.6 Å². The van der Waals surface area contributed by atoms with Crippen LogP contribution in [0.5, 0.6) is 0 Å². The molecular weight excluding hydrogens is 138 g/mol. The standard InChI is InChI=1S/C9H11NO/c1-4-7-8(5-2)10-9(11)6-3/h4-7H,1-3H2,(H,10,11). The van der Waals surface area contributed by atoms with Crippen LogP contribution in [0.1, 0.15) is 0 Å². The van der Waals surface area contributed by atoms with Crippen LogP contribution < -0.4 is 5.32 Å². The molecule has 0 aliphatic carbocycles. The largest absolute Gasteiger partial charge is 0.323 e. The first-order valence-electron chi connectivity index (χ1n) is 3.13. The monoisotopic (exact) mass is 149 g/mol. The van der Waals surface area contributed by atoms with E-state index in [0.717, 1.165) is 0 Å². The van der Waals surface area contributed by atoms with Gasteiger partial charge in [0.15, 0.2) is 0 Å². The van der Waals surface area contributed by atoms with Crippen molar-refractivity contribution in [3.63, 3.8) is 0 Å². The maximum absolute atomic E-state index is 10.7. The fourth-order valence-corrected chi connectivity index (χ4v) is 0.481. The van der Waals surface area contributed by atoms with E-state index in [1.807, 2.05) is 0 Å². The number of hydrogen-bond acceptors (Lipinski definition) is 1. The average Bonchev–Trinajstić information content (AvgIpc) is 2.03. The minimum absolute atomic E-state index is 0.252. The van der Waals surface area contributed by atoms with Crippen molar-refractivity contribution >= 4 is 5.91 Å². The van der Waals surface area contributed by atoms with Gasteiger partial charge in [0.25, 0.3) is 0 Å². The van der Waals surface area contributed by atoms with E-state index in [-0.39, 0.29) is 5.91 Å². The Morgan fingerprint density at radius 2 is 1.82 bits per heavy atom. The lowest BCUT2D eigenvalue weighted by Crippen LogP contribution is -2.18. The highest BCUT2D eigenvalue weighted by atomic mass is 16.1. The van der Waals surface area contributed by atoms with Gasteiger partial charge in [-0.2, -0.15) is 0 Å². The van der Waals surface area contributed by atoms with Crippen molar-refractivity contribution < 1.29 is 4.79 Å². The smallest absolute Gasteiger partial charge is 0.247 e. The highest BCUT2D eigenvalue weighted by molar-refractivity contribution is 5.88. The lowest BCUT2D eigenvalue weighted by molar-refractivity contribution is -0.115. The number of allylic oxidation sites excluding steroid dienone is 3. The number of carbonyl (C=O) groups excluding carboxylic acids is 1. The highest BCUT2D eigenvalue weighted by Crippen LogP contribution is 1.89. The van der Waals surface area contributed by atoms with Crippen LogP contribution in [0.2, 0.25) is 0 Å². The molecule has 0 saturated carbocycles. The molecule has 0 unspecified atom stereocenters. The summed E-state index contributed by atoms with van der Waals surface area (Å²) in [5.41, 5.74) is 0.616. The summed E-state index contributed by atoms with van der Waals surface area (Å²) >= 11 is 0. The molecule has 0 aliphatic rings. The summed E-state index contributed by atoms with van der Waals surface area (Å²) in [6, 6.07) is 0. The number of amides is 1. The predicted molar refractivity (Wildman–Crippen MR) is 46.8 cm³/mol. The molecule has 0 heterocycles. The molecule has 0 aromatic carbocycles. The van der Waals surface area contributed by atoms with Gasteiger partial charge in [-0.3, -0.25) is 4.79 Å². The van der Waals surface area contributed by atoms with Gasteiger partial charge in [-0.1, -0.05) is 25.8 Å². The molecule has 0 atom stereocenters. The van der Waals surface area contributed by atoms with Crippen molar-refractivity contribution in [3.8, 4) is 0 Å². The fraction of sp³-hybridized carbons (Fsp3) is 0. The van der Waals surface area contributed by atoms with Crippen molar-refractivity contribution in [1.29, 1.82) is 0 Å². The third-order valence-corrected chi connectivity index (χ3v) is 0.970. The van der Waals surface area contributed by atoms with E-state index in [0.29, 0.717) is 5.70 Å². The molecule has 0 saturated heterocycles. The van der Waals surface area contributed by atoms with E-state index in [4.69, 9.17) is 0 Å². The molecule has 11 heavy (non-hydrogen) atoms. The quantitative estimate of drug-likeness (QED) is 0.477. The minimum atomic E-state index is -0.252. The molecule has 0 aromatic heterocycles. The summed E-state index contributed by atoms with van der Waals surface area (Å²) in [6.45, 7) is 10.3. The van der Waals surface area contributed by atoms with Crippen LogP contribution in [-0.2, 0) is 4.79 Å². The molecule has 0 spiro atoms. The Balaban J connectivity index is 4.19. The molecule has 1 N–H and O–H groups in total. The molecule has 0 fully saturated rings. The summed E-state index contributed by atoms with van der Waals surface area (Å²) < 4.78 is 0. The number of rotatable bonds is 4. The molecule has 2 heteroatoms. The van der Waals surface area contributed by atoms with Gasteiger partial charge in [-0.25, -0.2) is 0 Å². The Morgan fingerprint density at radius 3 is 2.18 bits per heavy atom. The van der Waals surface area contributed by atoms with E-state index in [2.05, 4.69) is 25.1 Å². The van der Waals surface area contributed by atoms with Gasteiger partial charge in [0.2, 0.25) is 5.91 Å². The molecular formula is C9H11NO. The van der Waals surface area contributed by atoms with Crippen molar-refractivity contribution in [2.24, 2.45) is 0 Å². The molecule has 0 rings (SSSR count). The van der Waals surface area contributed by atoms with E-state index < -0.39 is 0 Å². The molecule has 58 valence electrons. The Morgan fingerprint density at radius 1 is 1.18 bits per heavy atom. The first-order chi connectivity index (χ1) is 5.24. The zero-order valence-electron chi connectivity index (χ0n) is 6.34. The van der Waals surface area contributed by atoms with E-state index in [1.165, 1.54) is 12.2 Å². The van der Waals surface area contributed by atoms with Crippen LogP contribution in [-0.4, -0.2) is 5.91 Å². The van der Waals surface area contributed by atoms with Crippen LogP contribution in [0.15, 0.2) is 49.7 Å². The first-order valence-corrected chi connectivity index (χ1v) is 3.13. The van der Waals surface area contributed by atoms with Crippen LogP contribution in [0.4, 0.5) is 0 Å². The van der Waals surface area contributed by atoms with Crippen molar-refractivity contribution in [1.82, 2.24) is 5.32 Å². The molecule has 0 bridgehead atoms. The molecule has 0 radical (unpaired) electrons. The van der Waals surface area contributed by atoms with Gasteiger partial charge in [0.05, 0.1) is 0 Å². The van der Waals surface area contributed by atoms with Gasteiger partial charge in [-0.05, 0) is 18.2 Å². The number of nitrogens with one attached hydrogen (secondary N) is 1. The SMILES string of the molecule is C=CC=C(C=C)NC(=O)C=C. The lowest BCUT2D eigenvalue weighted by atomic mass is 10.3. The maximum atomic E-state index is 10.7. The summed E-state index contributed by atoms with van der Waals surface area (Å²) in [6.07, 6.45) is 5.94. The van der Waals surface area contributed by atoms with Crippen LogP contribution in [0.25, 0.3) is 0 Å². The second-order valence-electron chi connectivity index (χ2n) is 1.76. The highest BCUT2D eigenvalue weighted by Gasteiger charge is 1.93. The fourth-order valence-electron chi connectivity index (χ4n) is 0.481. The Bertz CT molecular complexity index is 214. The zero-order chi connectivity index (χ0) is 8.69. The van der Waals surface area contributed by atoms with Crippen LogP contribution in [0.3, 0.4) is 0 Å². The molecule has 1 amide bonds. The second kappa shape index (κ2) is 5.23. The summed E-state index contributed by atoms with van der Waals surface area (Å²) in [5, 5.41) is 2.53. The van der Waals surface area contributed by atoms with Gasteiger partial charge in [0.1, 0.15) is 0 Å². The van der Waals surface area contributed by atoms with Gasteiger partial charge >= 0.3 is 0 Å². The van der Waals surface area contributed by atoms with Gasteiger partial charge in [-0.15, -0.1) is 0 Å². The summed E-state index contributed by atoms with van der Waals surface area (Å²) in [7, 11) is 0. The van der Waals surface area contributed by atoms with E-state index in [9.17, 15) is 4.79 Å². The molecule has 0 aromatic rings. The lowest BCUT2D eigenvalue weighted by Gasteiger charge is -1.99. The van der Waals surface area contributed by atoms with E-state index in [1.54, 1.807) is 12.2 Å². The van der Waals surface area contributed by atoms with Crippen molar-refractivity contribution in [2.45, 2.75) is 0 Å². The third-order valence-electron chi connectivity index (χ3n) is 0.970. The topological polar surface area (TPSA) is 29.1 Å². The summed E-state index contributed by atoms with van der Waals surface area (Å²) in [5.74, 6) is -0.252. The van der Waals surface area contributed by atoms with Crippen LogP contribution in [0, 0.1) is 0 Å². The number of hydrogen-bond donors (Lipinski definition) is 1. The van der Waals surface area contributed by atoms with Gasteiger partial charge in [0, 0.05) is 5.70 Å². The average molecular weight is 149 g/mol. The van der Waals surface area contributed by atoms with Gasteiger partial charge < -0.3 is 5.32 Å². The Hall–Kier alpha value is -1.57. The molecule has 0 aliphatic heterocycles. The van der Waals surface area contributed by atoms with Crippen LogP contribution >= 0.6 is 0 Å². The normalized spacial score (nSPS) is 10.0. The summed E-state index contributed by atoms with van der Waals surface area (Å²) in [4.78, 5) is 10.7. The predicted octanol–water partition coefficient (Wildman–Crippen LogP) is 1.54. The Kier molecular flexibility index (Phi) is 4.49. The van der Waals surface area contributed by atoms with Crippen molar-refractivity contribution in [2.75, 3.05) is 0 Å². The first kappa shape index (κ1) is 9.43. The molecule has 2 nitrogen and oxygen atoms in total. The minimum Gasteiger partial charge on any atom is -0.323 e. The zero-order valence-corrected chi connectivity index (χ0v) is 6.34. The van der Waals surface area contributed by atoms with Crippen molar-refractivity contribution in [3.05, 3.63) is 49.7 Å². The second-order valence-corrected chi connectivity index (χ2v) is 1.76. The number of carbonyl (C=O) groups is 1. The maximum Gasteiger partial charge on any atom is 0.247 e. The third kappa shape index (κ3) is 3.92.